The van der Waals surface area contributed by atoms with Crippen LogP contribution in [-0.2, 0) is 4.79 Å². The van der Waals surface area contributed by atoms with Gasteiger partial charge in [0.25, 0.3) is 0 Å². The Bertz CT molecular complexity index is 862. The van der Waals surface area contributed by atoms with E-state index in [0.29, 0.717) is 18.9 Å². The predicted molar refractivity (Wildman–Crippen MR) is 106 cm³/mol. The van der Waals surface area contributed by atoms with Crippen molar-refractivity contribution in [1.82, 2.24) is 19.8 Å². The summed E-state index contributed by atoms with van der Waals surface area (Å²) < 4.78 is 2.32. The number of hydrogen-bond donors (Lipinski definition) is 2. The van der Waals surface area contributed by atoms with Crippen molar-refractivity contribution in [3.63, 3.8) is 0 Å². The maximum Gasteiger partial charge on any atom is 0.317 e. The van der Waals surface area contributed by atoms with Crippen LogP contribution in [0, 0.1) is 12.8 Å². The van der Waals surface area contributed by atoms with Crippen LogP contribution in [0.4, 0.5) is 4.79 Å². The molecule has 1 saturated heterocycles. The van der Waals surface area contributed by atoms with E-state index in [4.69, 9.17) is 5.11 Å². The molecule has 2 amide bonds. The van der Waals surface area contributed by atoms with Crippen molar-refractivity contribution in [3.05, 3.63) is 30.1 Å². The van der Waals surface area contributed by atoms with Crippen LogP contribution in [-0.4, -0.2) is 50.7 Å². The lowest BCUT2D eigenvalue weighted by Gasteiger charge is -2.35. The van der Waals surface area contributed by atoms with Crippen LogP contribution in [0.2, 0.25) is 0 Å². The third-order valence-electron chi connectivity index (χ3n) is 6.29. The smallest absolute Gasteiger partial charge is 0.317 e. The van der Waals surface area contributed by atoms with Gasteiger partial charge in [-0.3, -0.25) is 4.79 Å². The summed E-state index contributed by atoms with van der Waals surface area (Å²) in [5.41, 5.74) is 2.19. The number of amides is 2. The average Bonchev–Trinajstić information content (AvgIpc) is 3.04. The number of nitrogens with zero attached hydrogens (tertiary/aromatic N) is 3. The number of likely N-dealkylation sites (tertiary alicyclic amines) is 1. The molecule has 28 heavy (non-hydrogen) atoms. The molecule has 4 rings (SSSR count). The number of carbonyl (C=O) groups is 2. The molecule has 2 fully saturated rings. The first-order valence-corrected chi connectivity index (χ1v) is 10.2. The van der Waals surface area contributed by atoms with Gasteiger partial charge in [-0.2, -0.15) is 0 Å². The van der Waals surface area contributed by atoms with Crippen molar-refractivity contribution < 1.29 is 14.7 Å². The fraction of sp³-hybridized carbons (Fsp3) is 0.571. The number of para-hydroxylation sites is 2. The molecule has 2 heterocycles. The molecule has 7 heteroatoms. The van der Waals surface area contributed by atoms with Crippen molar-refractivity contribution >= 4 is 23.0 Å². The number of fused-ring (bicyclic) bond motifs is 1. The number of nitrogens with one attached hydrogen (secondary N) is 1. The second kappa shape index (κ2) is 7.81. The van der Waals surface area contributed by atoms with Crippen molar-refractivity contribution in [2.45, 2.75) is 57.5 Å². The second-order valence-electron chi connectivity index (χ2n) is 8.07. The van der Waals surface area contributed by atoms with Crippen LogP contribution in [0.5, 0.6) is 0 Å². The lowest BCUT2D eigenvalue weighted by Crippen LogP contribution is -2.49. The minimum absolute atomic E-state index is 0.00978. The average molecular weight is 384 g/mol. The van der Waals surface area contributed by atoms with Crippen LogP contribution in [0.3, 0.4) is 0 Å². The standard InChI is InChI=1S/C21H28N4O3/c1-14-22-18-4-2-3-5-19(18)25(14)17-10-12-24(13-11-17)21(28)23-16-8-6-15(7-9-16)20(26)27/h2-5,15-17H,6-13H2,1H3,(H,23,28)(H,26,27). The van der Waals surface area contributed by atoms with Crippen LogP contribution >= 0.6 is 0 Å². The van der Waals surface area contributed by atoms with Gasteiger partial charge in [-0.05, 0) is 57.6 Å². The summed E-state index contributed by atoms with van der Waals surface area (Å²) in [5.74, 6) is 0.0607. The summed E-state index contributed by atoms with van der Waals surface area (Å²) >= 11 is 0. The van der Waals surface area contributed by atoms with Crippen molar-refractivity contribution in [2.75, 3.05) is 13.1 Å². The molecule has 2 aromatic rings. The van der Waals surface area contributed by atoms with Gasteiger partial charge in [0.05, 0.1) is 17.0 Å². The Hall–Kier alpha value is -2.57. The molecular formula is C21H28N4O3. The molecule has 7 nitrogen and oxygen atoms in total. The van der Waals surface area contributed by atoms with Gasteiger partial charge < -0.3 is 19.9 Å². The van der Waals surface area contributed by atoms with Gasteiger partial charge in [-0.1, -0.05) is 12.1 Å². The van der Waals surface area contributed by atoms with E-state index in [1.54, 1.807) is 0 Å². The van der Waals surface area contributed by atoms with E-state index in [2.05, 4.69) is 20.9 Å². The molecule has 0 unspecified atom stereocenters. The highest BCUT2D eigenvalue weighted by Crippen LogP contribution is 2.29. The number of aryl methyl sites for hydroxylation is 1. The number of urea groups is 1. The van der Waals surface area contributed by atoms with E-state index in [1.807, 2.05) is 30.0 Å². The van der Waals surface area contributed by atoms with E-state index in [-0.39, 0.29) is 18.0 Å². The Kier molecular flexibility index (Phi) is 5.24. The Labute approximate surface area is 164 Å². The van der Waals surface area contributed by atoms with Crippen molar-refractivity contribution in [1.29, 1.82) is 0 Å². The van der Waals surface area contributed by atoms with Crippen molar-refractivity contribution in [2.24, 2.45) is 5.92 Å². The third-order valence-corrected chi connectivity index (χ3v) is 6.29. The zero-order chi connectivity index (χ0) is 19.7. The first-order valence-electron chi connectivity index (χ1n) is 10.2. The van der Waals surface area contributed by atoms with Crippen LogP contribution in [0.1, 0.15) is 50.4 Å². The van der Waals surface area contributed by atoms with E-state index in [0.717, 1.165) is 55.6 Å². The van der Waals surface area contributed by atoms with Crippen LogP contribution in [0.15, 0.2) is 24.3 Å². The summed E-state index contributed by atoms with van der Waals surface area (Å²) in [5, 5.41) is 12.2. The topological polar surface area (TPSA) is 87.5 Å². The van der Waals surface area contributed by atoms with Crippen LogP contribution in [0.25, 0.3) is 11.0 Å². The number of benzene rings is 1. The van der Waals surface area contributed by atoms with Crippen molar-refractivity contribution in [3.8, 4) is 0 Å². The summed E-state index contributed by atoms with van der Waals surface area (Å²) in [6, 6.07) is 8.66. The number of rotatable bonds is 3. The van der Waals surface area contributed by atoms with Gasteiger partial charge in [-0.25, -0.2) is 9.78 Å². The minimum Gasteiger partial charge on any atom is -0.481 e. The number of aromatic nitrogens is 2. The zero-order valence-electron chi connectivity index (χ0n) is 16.3. The first-order chi connectivity index (χ1) is 13.5. The largest absolute Gasteiger partial charge is 0.481 e. The fourth-order valence-corrected chi connectivity index (χ4v) is 4.70. The Morgan fingerprint density at radius 3 is 2.43 bits per heavy atom. The van der Waals surface area contributed by atoms with E-state index >= 15 is 0 Å². The lowest BCUT2D eigenvalue weighted by molar-refractivity contribution is -0.142. The molecule has 0 bridgehead atoms. The number of carboxylic acid groups (broad SMARTS) is 1. The van der Waals surface area contributed by atoms with Gasteiger partial charge in [0.15, 0.2) is 0 Å². The summed E-state index contributed by atoms with van der Waals surface area (Å²) in [4.78, 5) is 30.3. The van der Waals surface area contributed by atoms with Gasteiger partial charge in [0.1, 0.15) is 5.82 Å². The monoisotopic (exact) mass is 384 g/mol. The molecule has 1 aromatic heterocycles. The summed E-state index contributed by atoms with van der Waals surface area (Å²) in [6.45, 7) is 3.51. The predicted octanol–water partition coefficient (Wildman–Crippen LogP) is 3.33. The van der Waals surface area contributed by atoms with E-state index in [1.165, 1.54) is 0 Å². The Balaban J connectivity index is 1.32. The summed E-state index contributed by atoms with van der Waals surface area (Å²) in [7, 11) is 0. The Morgan fingerprint density at radius 2 is 1.75 bits per heavy atom. The molecule has 1 aliphatic heterocycles. The fourth-order valence-electron chi connectivity index (χ4n) is 4.70. The summed E-state index contributed by atoms with van der Waals surface area (Å²) in [6.07, 6.45) is 4.63. The molecule has 2 aliphatic rings. The number of carboxylic acids is 1. The maximum atomic E-state index is 12.6. The number of aliphatic carboxylic acids is 1. The number of carbonyl (C=O) groups excluding carboxylic acids is 1. The molecule has 0 spiro atoms. The number of hydrogen-bond acceptors (Lipinski definition) is 3. The lowest BCUT2D eigenvalue weighted by atomic mass is 9.86. The minimum atomic E-state index is -0.714. The highest BCUT2D eigenvalue weighted by molar-refractivity contribution is 5.76. The highest BCUT2D eigenvalue weighted by atomic mass is 16.4. The quantitative estimate of drug-likeness (QED) is 0.850. The molecule has 0 radical (unpaired) electrons. The molecule has 2 N–H and O–H groups in total. The van der Waals surface area contributed by atoms with Crippen LogP contribution < -0.4 is 5.32 Å². The van der Waals surface area contributed by atoms with E-state index in [9.17, 15) is 9.59 Å². The maximum absolute atomic E-state index is 12.6. The molecule has 1 aliphatic carbocycles. The normalized spacial score (nSPS) is 23.7. The Morgan fingerprint density at radius 1 is 1.07 bits per heavy atom. The van der Waals surface area contributed by atoms with E-state index < -0.39 is 5.97 Å². The number of imidazole rings is 1. The molecular weight excluding hydrogens is 356 g/mol. The second-order valence-corrected chi connectivity index (χ2v) is 8.07. The van der Waals surface area contributed by atoms with Gasteiger partial charge >= 0.3 is 12.0 Å². The molecule has 1 aromatic carbocycles. The molecule has 150 valence electrons. The highest BCUT2D eigenvalue weighted by Gasteiger charge is 2.30. The van der Waals surface area contributed by atoms with Gasteiger partial charge in [-0.15, -0.1) is 0 Å². The molecule has 0 atom stereocenters. The SMILES string of the molecule is Cc1nc2ccccc2n1C1CCN(C(=O)NC2CCC(C(=O)O)CC2)CC1. The third kappa shape index (κ3) is 3.70. The van der Waals surface area contributed by atoms with Gasteiger partial charge in [0.2, 0.25) is 0 Å². The number of piperidine rings is 1. The molecule has 1 saturated carbocycles. The van der Waals surface area contributed by atoms with Gasteiger partial charge in [0, 0.05) is 25.2 Å². The zero-order valence-corrected chi connectivity index (χ0v) is 16.3. The first kappa shape index (κ1) is 18.8.